The Kier molecular flexibility index (Phi) is 3.06. The summed E-state index contributed by atoms with van der Waals surface area (Å²) in [5.74, 6) is 0.791. The summed E-state index contributed by atoms with van der Waals surface area (Å²) in [4.78, 5) is 5.17. The van der Waals surface area contributed by atoms with E-state index in [1.165, 1.54) is 48.3 Å². The molecule has 1 atom stereocenters. The zero-order valence-corrected chi connectivity index (χ0v) is 13.0. The summed E-state index contributed by atoms with van der Waals surface area (Å²) >= 11 is 0. The first-order chi connectivity index (χ1) is 10.3. The summed E-state index contributed by atoms with van der Waals surface area (Å²) in [5.41, 5.74) is 5.73. The van der Waals surface area contributed by atoms with E-state index in [9.17, 15) is 0 Å². The van der Waals surface area contributed by atoms with Gasteiger partial charge in [-0.1, -0.05) is 37.1 Å². The number of hydrogen-bond donors (Lipinski definition) is 0. The SMILES string of the molecule is CC1=C2CC=CN2C(C2CCCC2)N1c1ccccc1C. The van der Waals surface area contributed by atoms with Crippen LogP contribution in [-0.2, 0) is 0 Å². The van der Waals surface area contributed by atoms with Gasteiger partial charge < -0.3 is 9.80 Å². The van der Waals surface area contributed by atoms with Crippen LogP contribution in [0.1, 0.15) is 44.6 Å². The molecule has 1 aromatic carbocycles. The van der Waals surface area contributed by atoms with Crippen LogP contribution in [0.5, 0.6) is 0 Å². The van der Waals surface area contributed by atoms with Crippen LogP contribution in [0.25, 0.3) is 0 Å². The lowest BCUT2D eigenvalue weighted by atomic mass is 10.0. The third-order valence-electron chi connectivity index (χ3n) is 5.41. The lowest BCUT2D eigenvalue weighted by Crippen LogP contribution is -2.43. The molecule has 0 saturated heterocycles. The van der Waals surface area contributed by atoms with Crippen molar-refractivity contribution in [1.29, 1.82) is 0 Å². The van der Waals surface area contributed by atoms with Crippen LogP contribution in [0.4, 0.5) is 5.69 Å². The zero-order chi connectivity index (χ0) is 14.4. The topological polar surface area (TPSA) is 6.48 Å². The lowest BCUT2D eigenvalue weighted by Gasteiger charge is -2.37. The molecule has 0 N–H and O–H groups in total. The molecule has 3 aliphatic rings. The van der Waals surface area contributed by atoms with Gasteiger partial charge in [-0.15, -0.1) is 0 Å². The van der Waals surface area contributed by atoms with Gasteiger partial charge in [-0.3, -0.25) is 0 Å². The van der Waals surface area contributed by atoms with E-state index in [0.29, 0.717) is 6.17 Å². The molecule has 1 saturated carbocycles. The van der Waals surface area contributed by atoms with Crippen LogP contribution in [-0.4, -0.2) is 11.1 Å². The lowest BCUT2D eigenvalue weighted by molar-refractivity contribution is 0.272. The van der Waals surface area contributed by atoms with E-state index in [2.05, 4.69) is 60.2 Å². The second-order valence-electron chi connectivity index (χ2n) is 6.64. The fraction of sp³-hybridized carbons (Fsp3) is 0.474. The Labute approximate surface area is 127 Å². The third kappa shape index (κ3) is 1.92. The van der Waals surface area contributed by atoms with Gasteiger partial charge in [-0.2, -0.15) is 0 Å². The number of aryl methyl sites for hydroxylation is 1. The monoisotopic (exact) mass is 280 g/mol. The normalized spacial score (nSPS) is 25.3. The summed E-state index contributed by atoms with van der Waals surface area (Å²) in [5, 5.41) is 0. The molecule has 0 spiro atoms. The maximum atomic E-state index is 2.62. The van der Waals surface area contributed by atoms with Gasteiger partial charge in [-0.25, -0.2) is 0 Å². The maximum absolute atomic E-state index is 2.62. The van der Waals surface area contributed by atoms with E-state index in [-0.39, 0.29) is 0 Å². The van der Waals surface area contributed by atoms with Gasteiger partial charge >= 0.3 is 0 Å². The molecule has 0 amide bonds. The number of allylic oxidation sites excluding steroid dienone is 2. The standard InChI is InChI=1S/C19H24N2/c1-14-8-3-6-11-17(14)21-15(2)18-12-7-13-20(18)19(21)16-9-4-5-10-16/h3,6-8,11,13,16,19H,4-5,9-10,12H2,1-2H3. The van der Waals surface area contributed by atoms with Gasteiger partial charge in [-0.05, 0) is 44.2 Å². The Balaban J connectivity index is 1.79. The van der Waals surface area contributed by atoms with E-state index < -0.39 is 0 Å². The summed E-state index contributed by atoms with van der Waals surface area (Å²) < 4.78 is 0. The Morgan fingerprint density at radius 2 is 1.81 bits per heavy atom. The van der Waals surface area contributed by atoms with Gasteiger partial charge in [0.1, 0.15) is 6.17 Å². The van der Waals surface area contributed by atoms with E-state index in [1.807, 2.05) is 0 Å². The fourth-order valence-electron chi connectivity index (χ4n) is 4.37. The minimum absolute atomic E-state index is 0.502. The summed E-state index contributed by atoms with van der Waals surface area (Å²) in [7, 11) is 0. The van der Waals surface area contributed by atoms with Crippen molar-refractivity contribution in [3.63, 3.8) is 0 Å². The number of benzene rings is 1. The minimum Gasteiger partial charge on any atom is -0.328 e. The first-order valence-corrected chi connectivity index (χ1v) is 8.27. The number of nitrogens with zero attached hydrogens (tertiary/aromatic N) is 2. The van der Waals surface area contributed by atoms with Crippen molar-refractivity contribution < 1.29 is 0 Å². The Bertz CT molecular complexity index is 608. The van der Waals surface area contributed by atoms with Crippen molar-refractivity contribution in [1.82, 2.24) is 4.90 Å². The molecule has 110 valence electrons. The second-order valence-corrected chi connectivity index (χ2v) is 6.64. The molecule has 1 aromatic rings. The van der Waals surface area contributed by atoms with Gasteiger partial charge in [0.25, 0.3) is 0 Å². The highest BCUT2D eigenvalue weighted by atomic mass is 15.4. The number of hydrogen-bond acceptors (Lipinski definition) is 2. The molecular weight excluding hydrogens is 256 g/mol. The highest BCUT2D eigenvalue weighted by Gasteiger charge is 2.42. The van der Waals surface area contributed by atoms with E-state index >= 15 is 0 Å². The van der Waals surface area contributed by atoms with Crippen LogP contribution in [0.3, 0.4) is 0 Å². The van der Waals surface area contributed by atoms with E-state index in [0.717, 1.165) is 12.3 Å². The molecular formula is C19H24N2. The average Bonchev–Trinajstić information content (AvgIpc) is 3.19. The molecule has 2 heterocycles. The Morgan fingerprint density at radius 1 is 1.05 bits per heavy atom. The highest BCUT2D eigenvalue weighted by molar-refractivity contribution is 5.61. The molecule has 2 heteroatoms. The van der Waals surface area contributed by atoms with Gasteiger partial charge in [0, 0.05) is 29.7 Å². The van der Waals surface area contributed by atoms with Crippen LogP contribution < -0.4 is 4.90 Å². The molecule has 2 aliphatic heterocycles. The first kappa shape index (κ1) is 13.0. The molecule has 2 nitrogen and oxygen atoms in total. The average molecular weight is 280 g/mol. The summed E-state index contributed by atoms with van der Waals surface area (Å²) in [6.07, 6.45) is 11.8. The molecule has 21 heavy (non-hydrogen) atoms. The molecule has 4 rings (SSSR count). The fourth-order valence-corrected chi connectivity index (χ4v) is 4.37. The number of anilines is 1. The van der Waals surface area contributed by atoms with E-state index in [4.69, 9.17) is 0 Å². The number of rotatable bonds is 2. The predicted octanol–water partition coefficient (Wildman–Crippen LogP) is 4.78. The Hall–Kier alpha value is -1.70. The van der Waals surface area contributed by atoms with Crippen LogP contribution in [0, 0.1) is 12.8 Å². The third-order valence-corrected chi connectivity index (χ3v) is 5.41. The van der Waals surface area contributed by atoms with Crippen molar-refractivity contribution >= 4 is 5.69 Å². The van der Waals surface area contributed by atoms with Crippen molar-refractivity contribution in [3.05, 3.63) is 53.5 Å². The first-order valence-electron chi connectivity index (χ1n) is 8.27. The van der Waals surface area contributed by atoms with Crippen molar-refractivity contribution in [2.75, 3.05) is 4.90 Å². The molecule has 0 bridgehead atoms. The quantitative estimate of drug-likeness (QED) is 0.769. The molecule has 1 fully saturated rings. The number of para-hydroxylation sites is 1. The second kappa shape index (κ2) is 4.94. The molecule has 1 unspecified atom stereocenters. The molecule has 0 radical (unpaired) electrons. The van der Waals surface area contributed by atoms with Crippen molar-refractivity contribution in [2.24, 2.45) is 5.92 Å². The van der Waals surface area contributed by atoms with E-state index in [1.54, 1.807) is 0 Å². The largest absolute Gasteiger partial charge is 0.328 e. The minimum atomic E-state index is 0.502. The highest BCUT2D eigenvalue weighted by Crippen LogP contribution is 2.45. The van der Waals surface area contributed by atoms with Gasteiger partial charge in [0.15, 0.2) is 0 Å². The van der Waals surface area contributed by atoms with Gasteiger partial charge in [0.2, 0.25) is 0 Å². The maximum Gasteiger partial charge on any atom is 0.113 e. The smallest absolute Gasteiger partial charge is 0.113 e. The van der Waals surface area contributed by atoms with Crippen LogP contribution >= 0.6 is 0 Å². The van der Waals surface area contributed by atoms with Gasteiger partial charge in [0.05, 0.1) is 0 Å². The van der Waals surface area contributed by atoms with Crippen molar-refractivity contribution in [3.8, 4) is 0 Å². The van der Waals surface area contributed by atoms with Crippen LogP contribution in [0.2, 0.25) is 0 Å². The molecule has 0 aromatic heterocycles. The van der Waals surface area contributed by atoms with Crippen molar-refractivity contribution in [2.45, 2.75) is 52.1 Å². The van der Waals surface area contributed by atoms with Crippen LogP contribution in [0.15, 0.2) is 47.9 Å². The number of fused-ring (bicyclic) bond motifs is 1. The zero-order valence-electron chi connectivity index (χ0n) is 13.0. The Morgan fingerprint density at radius 3 is 2.57 bits per heavy atom. The predicted molar refractivity (Wildman–Crippen MR) is 87.7 cm³/mol. The summed E-state index contributed by atoms with van der Waals surface area (Å²) in [6.45, 7) is 4.54. The molecule has 1 aliphatic carbocycles. The summed E-state index contributed by atoms with van der Waals surface area (Å²) in [6, 6.07) is 8.83.